The summed E-state index contributed by atoms with van der Waals surface area (Å²) in [6.45, 7) is 3.10. The first-order valence-electron chi connectivity index (χ1n) is 7.76. The predicted molar refractivity (Wildman–Crippen MR) is 104 cm³/mol. The molecule has 0 aromatic heterocycles. The number of rotatable bonds is 2. The number of hydrogen-bond donors (Lipinski definition) is 4. The van der Waals surface area contributed by atoms with Gasteiger partial charge in [-0.1, -0.05) is 48.2 Å². The van der Waals surface area contributed by atoms with E-state index >= 15 is 0 Å². The van der Waals surface area contributed by atoms with Crippen LogP contribution in [0.1, 0.15) is 13.8 Å². The summed E-state index contributed by atoms with van der Waals surface area (Å²) >= 11 is 0. The average Bonchev–Trinajstić information content (AvgIpc) is 2.61. The second-order valence-corrected chi connectivity index (χ2v) is 8.06. The van der Waals surface area contributed by atoms with Crippen LogP contribution in [0.3, 0.4) is 0 Å². The van der Waals surface area contributed by atoms with Gasteiger partial charge in [0, 0.05) is 0 Å². The summed E-state index contributed by atoms with van der Waals surface area (Å²) < 4.78 is 58.5. The summed E-state index contributed by atoms with van der Waals surface area (Å²) in [5.74, 6) is 4.80. The summed E-state index contributed by atoms with van der Waals surface area (Å²) in [5.41, 5.74) is 0. The van der Waals surface area contributed by atoms with Crippen molar-refractivity contribution in [2.75, 3.05) is 0 Å². The molecule has 0 aliphatic rings. The summed E-state index contributed by atoms with van der Waals surface area (Å²) in [7, 11) is -8.01. The molecule has 2 aromatic rings. The Balaban J connectivity index is 0.000000394. The van der Waals surface area contributed by atoms with E-state index in [0.717, 1.165) is 0 Å². The lowest BCUT2D eigenvalue weighted by atomic mass is 10.3. The SMILES string of the molecule is CC(O)C#CC(C)O.O=S(=O)(O)c1ccccc1.O=S(=O)(O)c1ccccc1. The Morgan fingerprint density at radius 2 is 0.893 bits per heavy atom. The van der Waals surface area contributed by atoms with Gasteiger partial charge in [0.05, 0.1) is 9.79 Å². The van der Waals surface area contributed by atoms with Crippen LogP contribution in [0, 0.1) is 11.8 Å². The topological polar surface area (TPSA) is 149 Å². The van der Waals surface area contributed by atoms with Gasteiger partial charge in [-0.05, 0) is 38.1 Å². The maximum absolute atomic E-state index is 10.4. The minimum Gasteiger partial charge on any atom is -0.381 e. The van der Waals surface area contributed by atoms with Crippen LogP contribution in [0.15, 0.2) is 70.5 Å². The maximum Gasteiger partial charge on any atom is 0.294 e. The van der Waals surface area contributed by atoms with Crippen molar-refractivity contribution in [3.63, 3.8) is 0 Å². The fraction of sp³-hybridized carbons (Fsp3) is 0.222. The zero-order valence-corrected chi connectivity index (χ0v) is 16.8. The van der Waals surface area contributed by atoms with Crippen molar-refractivity contribution in [2.24, 2.45) is 0 Å². The van der Waals surface area contributed by atoms with Crippen LogP contribution in [0.2, 0.25) is 0 Å². The van der Waals surface area contributed by atoms with Crippen molar-refractivity contribution < 1.29 is 36.2 Å². The van der Waals surface area contributed by atoms with Crippen molar-refractivity contribution in [2.45, 2.75) is 35.8 Å². The third-order valence-corrected chi connectivity index (χ3v) is 4.32. The van der Waals surface area contributed by atoms with E-state index in [1.165, 1.54) is 24.3 Å². The fourth-order valence-electron chi connectivity index (χ4n) is 1.43. The Morgan fingerprint density at radius 1 is 0.643 bits per heavy atom. The number of benzene rings is 2. The molecule has 0 fully saturated rings. The van der Waals surface area contributed by atoms with E-state index in [1.807, 2.05) is 0 Å². The van der Waals surface area contributed by atoms with Gasteiger partial charge in [-0.15, -0.1) is 0 Å². The second kappa shape index (κ2) is 12.2. The van der Waals surface area contributed by atoms with Crippen molar-refractivity contribution >= 4 is 20.2 Å². The highest BCUT2D eigenvalue weighted by Crippen LogP contribution is 2.05. The normalized spacial score (nSPS) is 12.6. The molecule has 0 radical (unpaired) electrons. The van der Waals surface area contributed by atoms with Crippen LogP contribution in [0.4, 0.5) is 0 Å². The summed E-state index contributed by atoms with van der Waals surface area (Å²) in [5, 5.41) is 17.0. The molecule has 8 nitrogen and oxygen atoms in total. The number of aliphatic hydroxyl groups is 2. The molecule has 0 saturated carbocycles. The van der Waals surface area contributed by atoms with Crippen molar-refractivity contribution in [1.29, 1.82) is 0 Å². The molecule has 0 spiro atoms. The molecule has 2 rings (SSSR count). The van der Waals surface area contributed by atoms with Crippen LogP contribution >= 0.6 is 0 Å². The van der Waals surface area contributed by atoms with E-state index in [-0.39, 0.29) is 9.79 Å². The van der Waals surface area contributed by atoms with Crippen LogP contribution in [0.25, 0.3) is 0 Å². The molecule has 4 N–H and O–H groups in total. The van der Waals surface area contributed by atoms with E-state index in [4.69, 9.17) is 19.3 Å². The Labute approximate surface area is 165 Å². The lowest BCUT2D eigenvalue weighted by Gasteiger charge is -1.92. The quantitative estimate of drug-likeness (QED) is 0.415. The summed E-state index contributed by atoms with van der Waals surface area (Å²) in [6, 6.07) is 14.8. The van der Waals surface area contributed by atoms with Gasteiger partial charge in [0.15, 0.2) is 0 Å². The van der Waals surface area contributed by atoms with Crippen LogP contribution in [-0.2, 0) is 20.2 Å². The monoisotopic (exact) mass is 430 g/mol. The molecule has 2 unspecified atom stereocenters. The van der Waals surface area contributed by atoms with Gasteiger partial charge in [-0.25, -0.2) is 0 Å². The molecule has 0 heterocycles. The predicted octanol–water partition coefficient (Wildman–Crippen LogP) is 1.62. The van der Waals surface area contributed by atoms with Gasteiger partial charge in [0.1, 0.15) is 12.2 Å². The molecule has 2 atom stereocenters. The Bertz CT molecular complexity index is 877. The molecule has 0 amide bonds. The maximum atomic E-state index is 10.4. The van der Waals surface area contributed by atoms with Crippen LogP contribution < -0.4 is 0 Å². The molecule has 0 bridgehead atoms. The molecule has 0 aliphatic carbocycles. The molecular formula is C18H22O8S2. The zero-order chi connectivity index (χ0) is 21.8. The van der Waals surface area contributed by atoms with Gasteiger partial charge in [-0.2, -0.15) is 16.8 Å². The molecular weight excluding hydrogens is 408 g/mol. The van der Waals surface area contributed by atoms with Gasteiger partial charge < -0.3 is 10.2 Å². The van der Waals surface area contributed by atoms with E-state index in [9.17, 15) is 16.8 Å². The van der Waals surface area contributed by atoms with Crippen LogP contribution in [-0.4, -0.2) is 48.4 Å². The first-order chi connectivity index (χ1) is 12.8. The number of hydrogen-bond acceptors (Lipinski definition) is 6. The summed E-state index contributed by atoms with van der Waals surface area (Å²) in [6.07, 6.45) is -1.27. The smallest absolute Gasteiger partial charge is 0.294 e. The van der Waals surface area contributed by atoms with Crippen molar-refractivity contribution in [1.82, 2.24) is 0 Å². The van der Waals surface area contributed by atoms with Crippen LogP contribution in [0.5, 0.6) is 0 Å². The first-order valence-corrected chi connectivity index (χ1v) is 10.6. The molecule has 10 heteroatoms. The van der Waals surface area contributed by atoms with Crippen molar-refractivity contribution in [3.05, 3.63) is 60.7 Å². The highest BCUT2D eigenvalue weighted by atomic mass is 32.2. The van der Waals surface area contributed by atoms with Gasteiger partial charge in [0.25, 0.3) is 20.2 Å². The minimum atomic E-state index is -4.00. The van der Waals surface area contributed by atoms with Gasteiger partial charge >= 0.3 is 0 Å². The third-order valence-electron chi connectivity index (χ3n) is 2.58. The molecule has 0 saturated heterocycles. The third kappa shape index (κ3) is 13.0. The lowest BCUT2D eigenvalue weighted by molar-refractivity contribution is 0.243. The largest absolute Gasteiger partial charge is 0.381 e. The Kier molecular flexibility index (Phi) is 11.3. The Morgan fingerprint density at radius 3 is 1.04 bits per heavy atom. The lowest BCUT2D eigenvalue weighted by Crippen LogP contribution is -1.98. The second-order valence-electron chi connectivity index (χ2n) is 5.22. The minimum absolute atomic E-state index is 0.0741. The molecule has 154 valence electrons. The number of aliphatic hydroxyl groups excluding tert-OH is 2. The average molecular weight is 431 g/mol. The highest BCUT2D eigenvalue weighted by Gasteiger charge is 2.06. The van der Waals surface area contributed by atoms with Gasteiger partial charge in [-0.3, -0.25) is 9.11 Å². The fourth-order valence-corrected chi connectivity index (χ4v) is 2.43. The summed E-state index contributed by atoms with van der Waals surface area (Å²) in [4.78, 5) is -0.148. The molecule has 0 aliphatic heterocycles. The highest BCUT2D eigenvalue weighted by molar-refractivity contribution is 7.86. The zero-order valence-electron chi connectivity index (χ0n) is 15.2. The Hall–Kier alpha value is -2.26. The van der Waals surface area contributed by atoms with E-state index in [0.29, 0.717) is 0 Å². The molecule has 28 heavy (non-hydrogen) atoms. The van der Waals surface area contributed by atoms with Gasteiger partial charge in [0.2, 0.25) is 0 Å². The molecule has 2 aromatic carbocycles. The van der Waals surface area contributed by atoms with E-state index in [2.05, 4.69) is 11.8 Å². The first kappa shape index (κ1) is 25.7. The van der Waals surface area contributed by atoms with E-state index in [1.54, 1.807) is 50.2 Å². The van der Waals surface area contributed by atoms with Crippen molar-refractivity contribution in [3.8, 4) is 11.8 Å². The standard InChI is InChI=1S/2C6H6O3S.C6H10O2/c2*7-10(8,9)6-4-2-1-3-5-6;1-5(7)3-4-6(2)8/h2*1-5H,(H,7,8,9);5-8H,1-2H3. The van der Waals surface area contributed by atoms with E-state index < -0.39 is 32.4 Å².